The summed E-state index contributed by atoms with van der Waals surface area (Å²) in [5.41, 5.74) is 0. The average Bonchev–Trinajstić information content (AvgIpc) is 2.74. The number of nitrogens with one attached hydrogen (secondary N) is 1. The topological polar surface area (TPSA) is 42.7 Å². The third-order valence-electron chi connectivity index (χ3n) is 2.17. The quantitative estimate of drug-likeness (QED) is 0.887. The molecule has 16 heavy (non-hydrogen) atoms. The minimum absolute atomic E-state index is 0.280. The van der Waals surface area contributed by atoms with E-state index in [0.717, 1.165) is 12.4 Å². The van der Waals surface area contributed by atoms with Crippen LogP contribution < -0.4 is 5.32 Å². The van der Waals surface area contributed by atoms with E-state index in [9.17, 15) is 0 Å². The number of anilines is 1. The van der Waals surface area contributed by atoms with E-state index in [1.165, 1.54) is 0 Å². The van der Waals surface area contributed by atoms with Crippen LogP contribution in [0.15, 0.2) is 37.1 Å². The zero-order chi connectivity index (χ0) is 11.4. The van der Waals surface area contributed by atoms with Crippen LogP contribution in [0.25, 0.3) is 0 Å². The second-order valence-electron chi connectivity index (χ2n) is 3.67. The van der Waals surface area contributed by atoms with Gasteiger partial charge in [-0.2, -0.15) is 0 Å². The standard InChI is InChI=1S/C11H13ClN4/c1-9(7-16-5-4-13-8-16)15-11-3-2-10(12)6-14-11/h2-6,8-9H,7H2,1H3,(H,14,15). The highest BCUT2D eigenvalue weighted by atomic mass is 35.5. The monoisotopic (exact) mass is 236 g/mol. The SMILES string of the molecule is CC(Cn1ccnc1)Nc1ccc(Cl)cn1. The second-order valence-corrected chi connectivity index (χ2v) is 4.10. The molecule has 4 nitrogen and oxygen atoms in total. The largest absolute Gasteiger partial charge is 0.366 e. The fourth-order valence-electron chi connectivity index (χ4n) is 1.47. The molecule has 1 unspecified atom stereocenters. The van der Waals surface area contributed by atoms with Crippen molar-refractivity contribution in [1.82, 2.24) is 14.5 Å². The van der Waals surface area contributed by atoms with Crippen molar-refractivity contribution in [2.24, 2.45) is 0 Å². The Kier molecular flexibility index (Phi) is 3.41. The van der Waals surface area contributed by atoms with Crippen LogP contribution in [0.2, 0.25) is 5.02 Å². The van der Waals surface area contributed by atoms with Crippen LogP contribution in [-0.4, -0.2) is 20.6 Å². The molecule has 2 aromatic rings. The first-order valence-electron chi connectivity index (χ1n) is 5.08. The smallest absolute Gasteiger partial charge is 0.126 e. The molecule has 0 saturated heterocycles. The van der Waals surface area contributed by atoms with Crippen molar-refractivity contribution in [1.29, 1.82) is 0 Å². The van der Waals surface area contributed by atoms with Gasteiger partial charge in [0.15, 0.2) is 0 Å². The Morgan fingerprint density at radius 1 is 1.50 bits per heavy atom. The first kappa shape index (κ1) is 11.0. The van der Waals surface area contributed by atoms with Gasteiger partial charge < -0.3 is 9.88 Å². The highest BCUT2D eigenvalue weighted by Crippen LogP contribution is 2.10. The van der Waals surface area contributed by atoms with Crippen LogP contribution in [-0.2, 0) is 6.54 Å². The van der Waals surface area contributed by atoms with Gasteiger partial charge >= 0.3 is 0 Å². The Balaban J connectivity index is 1.92. The van der Waals surface area contributed by atoms with E-state index in [4.69, 9.17) is 11.6 Å². The molecule has 2 aromatic heterocycles. The fourth-order valence-corrected chi connectivity index (χ4v) is 1.58. The summed E-state index contributed by atoms with van der Waals surface area (Å²) in [6.45, 7) is 2.95. The molecule has 84 valence electrons. The molecule has 0 aliphatic carbocycles. The lowest BCUT2D eigenvalue weighted by Crippen LogP contribution is -2.21. The molecule has 0 fully saturated rings. The summed E-state index contributed by atoms with van der Waals surface area (Å²) in [6, 6.07) is 3.97. The van der Waals surface area contributed by atoms with Crippen LogP contribution in [0, 0.1) is 0 Å². The highest BCUT2D eigenvalue weighted by molar-refractivity contribution is 6.30. The van der Waals surface area contributed by atoms with Gasteiger partial charge in [0, 0.05) is 31.2 Å². The molecule has 0 amide bonds. The molecule has 2 rings (SSSR count). The molecule has 0 spiro atoms. The first-order chi connectivity index (χ1) is 7.74. The van der Waals surface area contributed by atoms with E-state index in [1.54, 1.807) is 18.7 Å². The summed E-state index contributed by atoms with van der Waals surface area (Å²) < 4.78 is 2.02. The molecular weight excluding hydrogens is 224 g/mol. The fraction of sp³-hybridized carbons (Fsp3) is 0.273. The third kappa shape index (κ3) is 2.97. The van der Waals surface area contributed by atoms with Crippen molar-refractivity contribution < 1.29 is 0 Å². The van der Waals surface area contributed by atoms with Crippen LogP contribution in [0.4, 0.5) is 5.82 Å². The van der Waals surface area contributed by atoms with Crippen molar-refractivity contribution in [3.05, 3.63) is 42.1 Å². The van der Waals surface area contributed by atoms with Crippen molar-refractivity contribution in [3.8, 4) is 0 Å². The number of rotatable bonds is 4. The molecule has 5 heteroatoms. The van der Waals surface area contributed by atoms with Crippen LogP contribution in [0.5, 0.6) is 0 Å². The maximum Gasteiger partial charge on any atom is 0.126 e. The molecular formula is C11H13ClN4. The van der Waals surface area contributed by atoms with E-state index in [1.807, 2.05) is 22.9 Å². The van der Waals surface area contributed by atoms with Crippen molar-refractivity contribution in [3.63, 3.8) is 0 Å². The summed E-state index contributed by atoms with van der Waals surface area (Å²) in [5.74, 6) is 0.831. The lowest BCUT2D eigenvalue weighted by atomic mass is 10.3. The Morgan fingerprint density at radius 3 is 3.00 bits per heavy atom. The third-order valence-corrected chi connectivity index (χ3v) is 2.39. The average molecular weight is 237 g/mol. The molecule has 0 bridgehead atoms. The van der Waals surface area contributed by atoms with Gasteiger partial charge in [0.2, 0.25) is 0 Å². The number of hydrogen-bond acceptors (Lipinski definition) is 3. The summed E-state index contributed by atoms with van der Waals surface area (Å²) in [6.07, 6.45) is 7.14. The van der Waals surface area contributed by atoms with Crippen molar-refractivity contribution >= 4 is 17.4 Å². The zero-order valence-corrected chi connectivity index (χ0v) is 9.72. The van der Waals surface area contributed by atoms with Gasteiger partial charge in [-0.1, -0.05) is 11.6 Å². The van der Waals surface area contributed by atoms with Gasteiger partial charge in [0.05, 0.1) is 11.3 Å². The van der Waals surface area contributed by atoms with Crippen molar-refractivity contribution in [2.45, 2.75) is 19.5 Å². The van der Waals surface area contributed by atoms with Gasteiger partial charge in [-0.25, -0.2) is 9.97 Å². The predicted molar refractivity (Wildman–Crippen MR) is 64.6 cm³/mol. The number of imidazole rings is 1. The Hall–Kier alpha value is -1.55. The van der Waals surface area contributed by atoms with Crippen LogP contribution >= 0.6 is 11.6 Å². The van der Waals surface area contributed by atoms with Gasteiger partial charge in [-0.15, -0.1) is 0 Å². The Labute approximate surface area is 99.3 Å². The van der Waals surface area contributed by atoms with E-state index >= 15 is 0 Å². The highest BCUT2D eigenvalue weighted by Gasteiger charge is 2.03. The van der Waals surface area contributed by atoms with Crippen LogP contribution in [0.3, 0.4) is 0 Å². The molecule has 0 aromatic carbocycles. The normalized spacial score (nSPS) is 12.4. The minimum Gasteiger partial charge on any atom is -0.366 e. The molecule has 2 heterocycles. The molecule has 0 saturated carbocycles. The summed E-state index contributed by atoms with van der Waals surface area (Å²) in [7, 11) is 0. The maximum absolute atomic E-state index is 5.76. The molecule has 0 aliphatic heterocycles. The van der Waals surface area contributed by atoms with Gasteiger partial charge in [-0.3, -0.25) is 0 Å². The van der Waals surface area contributed by atoms with E-state index in [-0.39, 0.29) is 6.04 Å². The van der Waals surface area contributed by atoms with Gasteiger partial charge in [-0.05, 0) is 19.1 Å². The second kappa shape index (κ2) is 4.99. The molecule has 1 N–H and O–H groups in total. The number of hydrogen-bond donors (Lipinski definition) is 1. The van der Waals surface area contributed by atoms with E-state index < -0.39 is 0 Å². The molecule has 1 atom stereocenters. The van der Waals surface area contributed by atoms with Crippen molar-refractivity contribution in [2.75, 3.05) is 5.32 Å². The van der Waals surface area contributed by atoms with E-state index in [0.29, 0.717) is 5.02 Å². The number of pyridine rings is 1. The minimum atomic E-state index is 0.280. The lowest BCUT2D eigenvalue weighted by Gasteiger charge is -2.14. The van der Waals surface area contributed by atoms with Crippen LogP contribution in [0.1, 0.15) is 6.92 Å². The van der Waals surface area contributed by atoms with Gasteiger partial charge in [0.1, 0.15) is 5.82 Å². The van der Waals surface area contributed by atoms with E-state index in [2.05, 4.69) is 22.2 Å². The summed E-state index contributed by atoms with van der Waals surface area (Å²) >= 11 is 5.76. The number of nitrogens with zero attached hydrogens (tertiary/aromatic N) is 3. The molecule has 0 radical (unpaired) electrons. The van der Waals surface area contributed by atoms with Gasteiger partial charge in [0.25, 0.3) is 0 Å². The maximum atomic E-state index is 5.76. The lowest BCUT2D eigenvalue weighted by molar-refractivity contribution is 0.617. The Morgan fingerprint density at radius 2 is 2.38 bits per heavy atom. The first-order valence-corrected chi connectivity index (χ1v) is 5.45. The molecule has 0 aliphatic rings. The number of halogens is 1. The summed E-state index contributed by atoms with van der Waals surface area (Å²) in [4.78, 5) is 8.18. The summed E-state index contributed by atoms with van der Waals surface area (Å²) in [5, 5.41) is 3.94. The number of aromatic nitrogens is 3. The zero-order valence-electron chi connectivity index (χ0n) is 8.97. The predicted octanol–water partition coefficient (Wildman–Crippen LogP) is 2.43. The Bertz CT molecular complexity index is 424.